The van der Waals surface area contributed by atoms with Crippen LogP contribution in [0.1, 0.15) is 16.8 Å². The van der Waals surface area contributed by atoms with E-state index in [1.54, 1.807) is 12.4 Å². The van der Waals surface area contributed by atoms with Crippen molar-refractivity contribution in [3.05, 3.63) is 77.0 Å². The summed E-state index contributed by atoms with van der Waals surface area (Å²) in [5.41, 5.74) is 2.82. The van der Waals surface area contributed by atoms with Crippen molar-refractivity contribution in [2.45, 2.75) is 12.5 Å². The molecule has 5 nitrogen and oxygen atoms in total. The molecule has 5 rings (SSSR count). The van der Waals surface area contributed by atoms with Gasteiger partial charge in [-0.2, -0.15) is 0 Å². The Hall–Kier alpha value is -2.73. The van der Waals surface area contributed by atoms with Crippen molar-refractivity contribution < 1.29 is 4.79 Å². The van der Waals surface area contributed by atoms with Crippen molar-refractivity contribution >= 4 is 27.8 Å². The molecule has 6 heteroatoms. The molecule has 29 heavy (non-hydrogen) atoms. The van der Waals surface area contributed by atoms with Crippen LogP contribution < -0.4 is 5.32 Å². The van der Waals surface area contributed by atoms with Crippen LogP contribution in [0, 0.1) is 11.8 Å². The Morgan fingerprint density at radius 2 is 1.79 bits per heavy atom. The Labute approximate surface area is 178 Å². The molecule has 0 bridgehead atoms. The zero-order valence-corrected chi connectivity index (χ0v) is 17.4. The van der Waals surface area contributed by atoms with E-state index in [4.69, 9.17) is 0 Å². The molecule has 2 heterocycles. The van der Waals surface area contributed by atoms with E-state index in [1.807, 2.05) is 47.4 Å². The number of halogens is 1. The number of fused-ring (bicyclic) bond motifs is 1. The standard InChI is InChI=1S/C23H21BrN4O/c24-17-11-25-23(26-12-17)27-13-21-20-10-16(20)14-28(21)22(29)19-9-5-4-8-18(19)15-6-2-1-3-7-15/h1-9,11-12,16,20-21H,10,13-14H2,(H,25,26,27)/t16-,20-,21-/m1/s1. The van der Waals surface area contributed by atoms with Gasteiger partial charge in [-0.05, 0) is 51.4 Å². The van der Waals surface area contributed by atoms with Gasteiger partial charge in [-0.1, -0.05) is 48.5 Å². The van der Waals surface area contributed by atoms with Crippen LogP contribution in [0.3, 0.4) is 0 Å². The van der Waals surface area contributed by atoms with Crippen molar-refractivity contribution in [3.63, 3.8) is 0 Å². The summed E-state index contributed by atoms with van der Waals surface area (Å²) >= 11 is 3.35. The van der Waals surface area contributed by atoms with Gasteiger partial charge in [0.2, 0.25) is 5.95 Å². The lowest BCUT2D eigenvalue weighted by Gasteiger charge is -2.28. The molecular formula is C23H21BrN4O. The Balaban J connectivity index is 1.37. The number of carbonyl (C=O) groups excluding carboxylic acids is 1. The summed E-state index contributed by atoms with van der Waals surface area (Å²) in [4.78, 5) is 24.2. The molecule has 2 fully saturated rings. The molecule has 3 atom stereocenters. The number of amides is 1. The first-order valence-electron chi connectivity index (χ1n) is 9.87. The number of aromatic nitrogens is 2. The first-order chi connectivity index (χ1) is 14.2. The Morgan fingerprint density at radius 1 is 1.07 bits per heavy atom. The predicted octanol–water partition coefficient (Wildman–Crippen LogP) is 4.48. The number of rotatable bonds is 5. The van der Waals surface area contributed by atoms with Crippen LogP contribution in [0.4, 0.5) is 5.95 Å². The summed E-state index contributed by atoms with van der Waals surface area (Å²) in [7, 11) is 0. The van der Waals surface area contributed by atoms with Crippen molar-refractivity contribution in [1.29, 1.82) is 0 Å². The lowest BCUT2D eigenvalue weighted by molar-refractivity contribution is 0.0716. The van der Waals surface area contributed by atoms with Crippen molar-refractivity contribution in [2.24, 2.45) is 11.8 Å². The lowest BCUT2D eigenvalue weighted by Crippen LogP contribution is -2.42. The maximum Gasteiger partial charge on any atom is 0.254 e. The number of nitrogens with one attached hydrogen (secondary N) is 1. The second kappa shape index (κ2) is 7.59. The fraction of sp³-hybridized carbons (Fsp3) is 0.261. The molecule has 2 aromatic carbocycles. The average molecular weight is 449 g/mol. The number of nitrogens with zero attached hydrogens (tertiary/aromatic N) is 3. The van der Waals surface area contributed by atoms with Gasteiger partial charge in [-0.15, -0.1) is 0 Å². The van der Waals surface area contributed by atoms with Crippen LogP contribution in [0.15, 0.2) is 71.5 Å². The average Bonchev–Trinajstić information content (AvgIpc) is 3.45. The second-order valence-electron chi connectivity index (χ2n) is 7.70. The first-order valence-corrected chi connectivity index (χ1v) is 10.7. The van der Waals surface area contributed by atoms with E-state index in [2.05, 4.69) is 43.3 Å². The molecule has 0 unspecified atom stereocenters. The Morgan fingerprint density at radius 3 is 2.59 bits per heavy atom. The third kappa shape index (κ3) is 3.65. The first kappa shape index (κ1) is 18.3. The van der Waals surface area contributed by atoms with Crippen LogP contribution in [0.25, 0.3) is 11.1 Å². The van der Waals surface area contributed by atoms with Crippen LogP contribution in [0.5, 0.6) is 0 Å². The Bertz CT molecular complexity index is 1020. The molecule has 0 spiro atoms. The summed E-state index contributed by atoms with van der Waals surface area (Å²) in [5.74, 6) is 1.90. The fourth-order valence-corrected chi connectivity index (χ4v) is 4.56. The summed E-state index contributed by atoms with van der Waals surface area (Å²) < 4.78 is 0.848. The summed E-state index contributed by atoms with van der Waals surface area (Å²) in [6, 6.07) is 18.2. The van der Waals surface area contributed by atoms with E-state index >= 15 is 0 Å². The van der Waals surface area contributed by atoms with E-state index in [0.29, 0.717) is 24.3 Å². The molecule has 1 aliphatic heterocycles. The molecule has 2 aliphatic rings. The summed E-state index contributed by atoms with van der Waals surface area (Å²) in [6.07, 6.45) is 4.66. The van der Waals surface area contributed by atoms with Crippen LogP contribution in [0.2, 0.25) is 0 Å². The van der Waals surface area contributed by atoms with Gasteiger partial charge in [-0.3, -0.25) is 4.79 Å². The molecule has 1 aliphatic carbocycles. The largest absolute Gasteiger partial charge is 0.352 e. The van der Waals surface area contributed by atoms with Crippen LogP contribution >= 0.6 is 15.9 Å². The highest BCUT2D eigenvalue weighted by Crippen LogP contribution is 2.50. The number of hydrogen-bond acceptors (Lipinski definition) is 4. The highest BCUT2D eigenvalue weighted by molar-refractivity contribution is 9.10. The van der Waals surface area contributed by atoms with Gasteiger partial charge in [-0.25, -0.2) is 9.97 Å². The summed E-state index contributed by atoms with van der Waals surface area (Å²) in [5, 5.41) is 3.32. The Kier molecular flexibility index (Phi) is 4.79. The number of likely N-dealkylation sites (tertiary alicyclic amines) is 1. The minimum Gasteiger partial charge on any atom is -0.352 e. The minimum absolute atomic E-state index is 0.111. The molecule has 1 saturated heterocycles. The van der Waals surface area contributed by atoms with Gasteiger partial charge in [0, 0.05) is 31.0 Å². The van der Waals surface area contributed by atoms with Crippen molar-refractivity contribution in [2.75, 3.05) is 18.4 Å². The number of piperidine rings is 1. The van der Waals surface area contributed by atoms with E-state index in [-0.39, 0.29) is 11.9 Å². The normalized spacial score (nSPS) is 22.2. The monoisotopic (exact) mass is 448 g/mol. The molecule has 1 aromatic heterocycles. The van der Waals surface area contributed by atoms with Gasteiger partial charge in [0.05, 0.1) is 10.5 Å². The number of benzene rings is 2. The van der Waals surface area contributed by atoms with E-state index in [1.165, 1.54) is 6.42 Å². The van der Waals surface area contributed by atoms with E-state index in [0.717, 1.165) is 27.7 Å². The van der Waals surface area contributed by atoms with Gasteiger partial charge < -0.3 is 10.2 Å². The van der Waals surface area contributed by atoms with E-state index < -0.39 is 0 Å². The number of hydrogen-bond donors (Lipinski definition) is 1. The number of carbonyl (C=O) groups is 1. The molecule has 1 N–H and O–H groups in total. The minimum atomic E-state index is 0.111. The van der Waals surface area contributed by atoms with Crippen molar-refractivity contribution in [3.8, 4) is 11.1 Å². The van der Waals surface area contributed by atoms with Crippen molar-refractivity contribution in [1.82, 2.24) is 14.9 Å². The molecule has 146 valence electrons. The van der Waals surface area contributed by atoms with Crippen LogP contribution in [-0.4, -0.2) is 39.9 Å². The lowest BCUT2D eigenvalue weighted by atomic mass is 9.98. The highest BCUT2D eigenvalue weighted by Gasteiger charge is 2.53. The maximum absolute atomic E-state index is 13.5. The van der Waals surface area contributed by atoms with Gasteiger partial charge in [0.25, 0.3) is 5.91 Å². The number of anilines is 1. The van der Waals surface area contributed by atoms with Gasteiger partial charge in [0.15, 0.2) is 0 Å². The molecular weight excluding hydrogens is 428 g/mol. The predicted molar refractivity (Wildman–Crippen MR) is 117 cm³/mol. The fourth-order valence-electron chi connectivity index (χ4n) is 4.36. The SMILES string of the molecule is O=C(c1ccccc1-c1ccccc1)N1C[C@H]2C[C@H]2[C@H]1CNc1ncc(Br)cn1. The molecule has 0 radical (unpaired) electrons. The summed E-state index contributed by atoms with van der Waals surface area (Å²) in [6.45, 7) is 1.50. The van der Waals surface area contributed by atoms with Gasteiger partial charge in [0.1, 0.15) is 0 Å². The molecule has 3 aromatic rings. The third-order valence-electron chi connectivity index (χ3n) is 5.90. The topological polar surface area (TPSA) is 58.1 Å². The highest BCUT2D eigenvalue weighted by atomic mass is 79.9. The smallest absolute Gasteiger partial charge is 0.254 e. The zero-order chi connectivity index (χ0) is 19.8. The third-order valence-corrected chi connectivity index (χ3v) is 6.31. The molecule has 1 amide bonds. The quantitative estimate of drug-likeness (QED) is 0.624. The zero-order valence-electron chi connectivity index (χ0n) is 15.8. The van der Waals surface area contributed by atoms with Crippen LogP contribution in [-0.2, 0) is 0 Å². The van der Waals surface area contributed by atoms with E-state index in [9.17, 15) is 4.79 Å². The maximum atomic E-state index is 13.5. The van der Waals surface area contributed by atoms with Gasteiger partial charge >= 0.3 is 0 Å². The molecule has 1 saturated carbocycles. The second-order valence-corrected chi connectivity index (χ2v) is 8.62.